The topological polar surface area (TPSA) is 51.2 Å². The number of carbonyl (C=O) groups excluding carboxylic acids is 1. The number of ether oxygens (including phenoxy) is 3. The summed E-state index contributed by atoms with van der Waals surface area (Å²) in [4.78, 5) is 15.2. The predicted octanol–water partition coefficient (Wildman–Crippen LogP) is 6.54. The third kappa shape index (κ3) is 24.7. The number of nitrogens with zero attached hydrogens (tertiary/aromatic N) is 2. The number of methoxy groups -OCH3 is 1. The van der Waals surface area contributed by atoms with Gasteiger partial charge in [0, 0.05) is 26.6 Å². The average molecular weight is 471 g/mol. The van der Waals surface area contributed by atoms with Crippen LogP contribution in [0.5, 0.6) is 0 Å². The van der Waals surface area contributed by atoms with Gasteiger partial charge >= 0.3 is 6.09 Å². The first-order valence-electron chi connectivity index (χ1n) is 12.4. The fourth-order valence-electron chi connectivity index (χ4n) is 2.21. The number of amides is 1. The molecule has 2 atom stereocenters. The van der Waals surface area contributed by atoms with Gasteiger partial charge in [0.25, 0.3) is 0 Å². The highest BCUT2D eigenvalue weighted by Crippen LogP contribution is 2.13. The van der Waals surface area contributed by atoms with E-state index in [-0.39, 0.29) is 18.3 Å². The number of hydrogen-bond donors (Lipinski definition) is 0. The summed E-state index contributed by atoms with van der Waals surface area (Å²) in [6.45, 7) is 23.6. The molecule has 6 heteroatoms. The van der Waals surface area contributed by atoms with E-state index in [4.69, 9.17) is 14.2 Å². The fourth-order valence-corrected chi connectivity index (χ4v) is 2.21. The Bertz CT molecular complexity index is 515. The van der Waals surface area contributed by atoms with Crippen molar-refractivity contribution in [3.05, 3.63) is 36.6 Å². The summed E-state index contributed by atoms with van der Waals surface area (Å²) in [6, 6.07) is 0. The van der Waals surface area contributed by atoms with Crippen molar-refractivity contribution in [2.75, 3.05) is 47.4 Å². The van der Waals surface area contributed by atoms with Gasteiger partial charge in [-0.1, -0.05) is 67.2 Å². The molecule has 0 aliphatic rings. The van der Waals surface area contributed by atoms with Crippen LogP contribution in [0.3, 0.4) is 0 Å². The van der Waals surface area contributed by atoms with Gasteiger partial charge in [-0.2, -0.15) is 0 Å². The monoisotopic (exact) mass is 470 g/mol. The minimum atomic E-state index is -0.341. The van der Waals surface area contributed by atoms with E-state index in [0.29, 0.717) is 13.2 Å². The van der Waals surface area contributed by atoms with E-state index in [1.807, 2.05) is 39.0 Å². The van der Waals surface area contributed by atoms with E-state index in [2.05, 4.69) is 53.1 Å². The predicted molar refractivity (Wildman–Crippen MR) is 143 cm³/mol. The standard InChI is InChI=1S/C21H38N2O4.C4H10.C2H6/c1-8-11-20(13-12-18(4)26-17-16-22(5)10-3)27-19(9-2)14-15-23(6)21(24)25-7;1-4(2)3;1-2/h8,11-13,18-19H,1,9-10,14-17H2,2-7H3;4H,1-3H3;1-2H3/b13-12-,20-11+;;. The SMILES string of the molecule is C=C/C=C(\C=C/C(C)OCCN(C)CC)OC(CC)CCN(C)C(=O)OC.CC.CC(C)C. The fraction of sp³-hybridized carbons (Fsp3) is 0.741. The van der Waals surface area contributed by atoms with Crippen molar-refractivity contribution in [2.24, 2.45) is 5.92 Å². The Morgan fingerprint density at radius 3 is 2.09 bits per heavy atom. The van der Waals surface area contributed by atoms with Crippen LogP contribution < -0.4 is 0 Å². The van der Waals surface area contributed by atoms with Gasteiger partial charge in [0.2, 0.25) is 0 Å². The van der Waals surface area contributed by atoms with Gasteiger partial charge in [-0.3, -0.25) is 0 Å². The molecule has 0 saturated heterocycles. The summed E-state index contributed by atoms with van der Waals surface area (Å²) in [6.07, 6.45) is 8.66. The van der Waals surface area contributed by atoms with Crippen molar-refractivity contribution in [2.45, 2.75) is 80.4 Å². The quantitative estimate of drug-likeness (QED) is 0.213. The highest BCUT2D eigenvalue weighted by atomic mass is 16.5. The normalized spacial score (nSPS) is 12.9. The van der Waals surface area contributed by atoms with Gasteiger partial charge in [-0.05, 0) is 45.0 Å². The highest BCUT2D eigenvalue weighted by molar-refractivity contribution is 5.66. The van der Waals surface area contributed by atoms with Crippen molar-refractivity contribution in [3.8, 4) is 0 Å². The van der Waals surface area contributed by atoms with Crippen LogP contribution >= 0.6 is 0 Å². The van der Waals surface area contributed by atoms with Crippen LogP contribution in [0.25, 0.3) is 0 Å². The lowest BCUT2D eigenvalue weighted by Crippen LogP contribution is -2.30. The number of hydrogen-bond acceptors (Lipinski definition) is 5. The second kappa shape index (κ2) is 24.8. The van der Waals surface area contributed by atoms with Crippen molar-refractivity contribution >= 4 is 6.09 Å². The van der Waals surface area contributed by atoms with Crippen molar-refractivity contribution in [1.29, 1.82) is 0 Å². The molecule has 0 aliphatic heterocycles. The Morgan fingerprint density at radius 1 is 1.06 bits per heavy atom. The summed E-state index contributed by atoms with van der Waals surface area (Å²) in [5.74, 6) is 1.57. The minimum absolute atomic E-state index is 0.00221. The van der Waals surface area contributed by atoms with Crippen molar-refractivity contribution in [1.82, 2.24) is 9.80 Å². The second-order valence-electron chi connectivity index (χ2n) is 8.20. The van der Waals surface area contributed by atoms with Crippen LogP contribution in [0.1, 0.15) is 68.2 Å². The molecule has 2 unspecified atom stereocenters. The molecular formula is C27H54N2O4. The molecule has 0 aromatic carbocycles. The zero-order valence-corrected chi connectivity index (χ0v) is 23.5. The lowest BCUT2D eigenvalue weighted by molar-refractivity contribution is 0.0791. The van der Waals surface area contributed by atoms with Gasteiger partial charge < -0.3 is 24.0 Å². The summed E-state index contributed by atoms with van der Waals surface area (Å²) in [5, 5.41) is 0. The molecule has 1 amide bonds. The smallest absolute Gasteiger partial charge is 0.409 e. The molecule has 0 saturated carbocycles. The summed E-state index contributed by atoms with van der Waals surface area (Å²) < 4.78 is 16.6. The molecule has 0 fully saturated rings. The van der Waals surface area contributed by atoms with Crippen LogP contribution in [0.4, 0.5) is 4.79 Å². The van der Waals surface area contributed by atoms with Crippen LogP contribution in [-0.2, 0) is 14.2 Å². The Morgan fingerprint density at radius 2 is 1.64 bits per heavy atom. The van der Waals surface area contributed by atoms with Crippen LogP contribution in [0.15, 0.2) is 36.6 Å². The van der Waals surface area contributed by atoms with Gasteiger partial charge in [0.1, 0.15) is 11.9 Å². The van der Waals surface area contributed by atoms with Crippen molar-refractivity contribution < 1.29 is 19.0 Å². The Balaban J connectivity index is -0.00000134. The molecule has 0 radical (unpaired) electrons. The molecule has 0 bridgehead atoms. The number of carbonyl (C=O) groups is 1. The maximum Gasteiger partial charge on any atom is 0.409 e. The molecule has 6 nitrogen and oxygen atoms in total. The van der Waals surface area contributed by atoms with Gasteiger partial charge in [-0.15, -0.1) is 0 Å². The van der Waals surface area contributed by atoms with E-state index in [0.717, 1.165) is 37.6 Å². The first-order valence-corrected chi connectivity index (χ1v) is 12.4. The molecular weight excluding hydrogens is 416 g/mol. The zero-order valence-electron chi connectivity index (χ0n) is 23.5. The molecule has 0 aromatic heterocycles. The Hall–Kier alpha value is -1.79. The molecule has 0 N–H and O–H groups in total. The number of allylic oxidation sites excluding steroid dienone is 3. The maximum absolute atomic E-state index is 11.5. The zero-order chi connectivity index (χ0) is 26.2. The van der Waals surface area contributed by atoms with Crippen LogP contribution in [-0.4, -0.2) is 75.5 Å². The molecule has 0 rings (SSSR count). The van der Waals surface area contributed by atoms with Crippen LogP contribution in [0, 0.1) is 5.92 Å². The van der Waals surface area contributed by atoms with Crippen molar-refractivity contribution in [3.63, 3.8) is 0 Å². The van der Waals surface area contributed by atoms with E-state index in [1.54, 1.807) is 18.0 Å². The summed E-state index contributed by atoms with van der Waals surface area (Å²) in [7, 11) is 5.17. The van der Waals surface area contributed by atoms with Crippen LogP contribution in [0.2, 0.25) is 0 Å². The molecule has 33 heavy (non-hydrogen) atoms. The van der Waals surface area contributed by atoms with E-state index in [1.165, 1.54) is 7.11 Å². The molecule has 0 aromatic rings. The largest absolute Gasteiger partial charge is 0.490 e. The first-order chi connectivity index (χ1) is 15.6. The van der Waals surface area contributed by atoms with E-state index < -0.39 is 0 Å². The summed E-state index contributed by atoms with van der Waals surface area (Å²) in [5.41, 5.74) is 0. The lowest BCUT2D eigenvalue weighted by atomic mass is 10.2. The lowest BCUT2D eigenvalue weighted by Gasteiger charge is -2.22. The first kappa shape index (κ1) is 35.8. The average Bonchev–Trinajstić information content (AvgIpc) is 2.79. The minimum Gasteiger partial charge on any atom is -0.490 e. The summed E-state index contributed by atoms with van der Waals surface area (Å²) >= 11 is 0. The highest BCUT2D eigenvalue weighted by Gasteiger charge is 2.13. The van der Waals surface area contributed by atoms with Gasteiger partial charge in [-0.25, -0.2) is 4.79 Å². The van der Waals surface area contributed by atoms with E-state index >= 15 is 0 Å². The third-order valence-electron chi connectivity index (χ3n) is 4.24. The number of likely N-dealkylation sites (N-methyl/N-ethyl adjacent to an activating group) is 1. The Kier molecular flexibility index (Phi) is 26.9. The molecule has 0 heterocycles. The number of rotatable bonds is 14. The maximum atomic E-state index is 11.5. The Labute approximate surface area is 205 Å². The third-order valence-corrected chi connectivity index (χ3v) is 4.24. The molecule has 0 spiro atoms. The molecule has 196 valence electrons. The van der Waals surface area contributed by atoms with E-state index in [9.17, 15) is 4.79 Å². The van der Waals surface area contributed by atoms with Gasteiger partial charge in [0.05, 0.1) is 19.8 Å². The van der Waals surface area contributed by atoms with Gasteiger partial charge in [0.15, 0.2) is 0 Å². The molecule has 0 aliphatic carbocycles. The second-order valence-corrected chi connectivity index (χ2v) is 8.20.